The van der Waals surface area contributed by atoms with Crippen molar-refractivity contribution in [1.29, 1.82) is 0 Å². The van der Waals surface area contributed by atoms with Crippen LogP contribution in [-0.2, 0) is 15.0 Å². The summed E-state index contributed by atoms with van der Waals surface area (Å²) in [5.74, 6) is 1.95. The van der Waals surface area contributed by atoms with Crippen LogP contribution in [0, 0.1) is 0 Å². The van der Waals surface area contributed by atoms with Crippen LogP contribution in [0.3, 0.4) is 0 Å². The predicted octanol–water partition coefficient (Wildman–Crippen LogP) is 4.51. The van der Waals surface area contributed by atoms with Gasteiger partial charge in [-0.1, -0.05) is 12.1 Å². The molecule has 0 bridgehead atoms. The van der Waals surface area contributed by atoms with Gasteiger partial charge in [0.15, 0.2) is 5.54 Å². The van der Waals surface area contributed by atoms with E-state index < -0.39 is 5.54 Å². The van der Waals surface area contributed by atoms with E-state index in [9.17, 15) is 0 Å². The van der Waals surface area contributed by atoms with Crippen LogP contribution in [-0.4, -0.2) is 34.8 Å². The van der Waals surface area contributed by atoms with Crippen molar-refractivity contribution in [2.75, 3.05) is 13.2 Å². The molecule has 2 aromatic carbocycles. The monoisotopic (exact) mass is 442 g/mol. The van der Waals surface area contributed by atoms with Crippen LogP contribution in [0.25, 0.3) is 11.1 Å². The van der Waals surface area contributed by atoms with Gasteiger partial charge in [-0.25, -0.2) is 15.0 Å². The largest absolute Gasteiger partial charge is 0.462 e. The number of rotatable bonds is 2. The Hall–Kier alpha value is -3.45. The fraction of sp³-hybridized carbons (Fsp3) is 0.346. The molecule has 0 radical (unpaired) electrons. The first-order chi connectivity index (χ1) is 15.9. The maximum absolute atomic E-state index is 6.35. The minimum Gasteiger partial charge on any atom is -0.462 e. The summed E-state index contributed by atoms with van der Waals surface area (Å²) in [5.41, 5.74) is 10.3. The van der Waals surface area contributed by atoms with Crippen LogP contribution in [0.5, 0.6) is 11.5 Å². The standard InChI is InChI=1S/C26H26N4O3/c1-25(2)11-18(7-8-32-25)16-3-5-22-20(9-16)26(14-31-24(27)30-26)21-10-17(4-6-23(21)33-22)19-12-28-15-29-13-19/h3-6,9-10,12-13,15,18H,7-8,11,14H2,1-2H3,(H2,27,30)/t18-,26-/m1/s1. The summed E-state index contributed by atoms with van der Waals surface area (Å²) in [7, 11) is 0. The Morgan fingerprint density at radius 3 is 2.45 bits per heavy atom. The van der Waals surface area contributed by atoms with Crippen molar-refractivity contribution in [3.05, 3.63) is 71.8 Å². The Labute approximate surface area is 192 Å². The van der Waals surface area contributed by atoms with E-state index in [4.69, 9.17) is 24.9 Å². The zero-order chi connectivity index (χ0) is 22.6. The Bertz CT molecular complexity index is 1260. The van der Waals surface area contributed by atoms with Crippen molar-refractivity contribution >= 4 is 6.02 Å². The Balaban J connectivity index is 1.48. The third-order valence-corrected chi connectivity index (χ3v) is 6.89. The number of amidine groups is 1. The molecule has 3 aromatic rings. The van der Waals surface area contributed by atoms with E-state index in [2.05, 4.69) is 48.1 Å². The van der Waals surface area contributed by atoms with Gasteiger partial charge >= 0.3 is 0 Å². The van der Waals surface area contributed by atoms with Crippen molar-refractivity contribution in [3.63, 3.8) is 0 Å². The first kappa shape index (κ1) is 20.2. The highest BCUT2D eigenvalue weighted by Gasteiger charge is 2.47. The van der Waals surface area contributed by atoms with Crippen LogP contribution in [0.2, 0.25) is 0 Å². The molecule has 3 aliphatic heterocycles. The van der Waals surface area contributed by atoms with Crippen molar-refractivity contribution in [3.8, 4) is 22.6 Å². The number of nitrogens with two attached hydrogens (primary N) is 1. The maximum Gasteiger partial charge on any atom is 0.283 e. The Morgan fingerprint density at radius 1 is 0.970 bits per heavy atom. The van der Waals surface area contributed by atoms with Crippen LogP contribution in [0.1, 0.15) is 49.3 Å². The van der Waals surface area contributed by atoms with Crippen molar-refractivity contribution in [2.24, 2.45) is 10.7 Å². The van der Waals surface area contributed by atoms with Crippen molar-refractivity contribution in [2.45, 2.75) is 43.7 Å². The third kappa shape index (κ3) is 3.35. The van der Waals surface area contributed by atoms with Gasteiger partial charge in [0.2, 0.25) is 0 Å². The fourth-order valence-corrected chi connectivity index (χ4v) is 5.27. The lowest BCUT2D eigenvalue weighted by Crippen LogP contribution is -2.34. The average molecular weight is 443 g/mol. The quantitative estimate of drug-likeness (QED) is 0.628. The number of hydrogen-bond acceptors (Lipinski definition) is 7. The summed E-state index contributed by atoms with van der Waals surface area (Å²) in [4.78, 5) is 13.2. The molecule has 7 nitrogen and oxygen atoms in total. The summed E-state index contributed by atoms with van der Waals surface area (Å²) in [6.07, 6.45) is 7.08. The number of benzene rings is 2. The topological polar surface area (TPSA) is 91.9 Å². The molecule has 33 heavy (non-hydrogen) atoms. The van der Waals surface area contributed by atoms with E-state index in [1.807, 2.05) is 12.1 Å². The molecule has 0 amide bonds. The van der Waals surface area contributed by atoms with Gasteiger partial charge in [0.1, 0.15) is 24.4 Å². The Morgan fingerprint density at radius 2 is 1.73 bits per heavy atom. The molecule has 0 saturated carbocycles. The number of ether oxygens (including phenoxy) is 3. The van der Waals surface area contributed by atoms with Gasteiger partial charge in [-0.2, -0.15) is 0 Å². The first-order valence-corrected chi connectivity index (χ1v) is 11.3. The van der Waals surface area contributed by atoms with E-state index in [1.165, 1.54) is 11.9 Å². The van der Waals surface area contributed by atoms with Gasteiger partial charge < -0.3 is 19.9 Å². The maximum atomic E-state index is 6.35. The molecule has 2 N–H and O–H groups in total. The average Bonchev–Trinajstić information content (AvgIpc) is 3.21. The highest BCUT2D eigenvalue weighted by molar-refractivity contribution is 5.78. The highest BCUT2D eigenvalue weighted by atomic mass is 16.5. The second-order valence-corrected chi connectivity index (χ2v) is 9.59. The molecule has 0 aliphatic carbocycles. The van der Waals surface area contributed by atoms with E-state index in [0.29, 0.717) is 12.5 Å². The molecular formula is C26H26N4O3. The number of fused-ring (bicyclic) bond motifs is 4. The number of nitrogens with zero attached hydrogens (tertiary/aromatic N) is 3. The minimum atomic E-state index is -0.755. The lowest BCUT2D eigenvalue weighted by atomic mass is 9.77. The summed E-state index contributed by atoms with van der Waals surface area (Å²) in [5, 5.41) is 0. The number of aromatic nitrogens is 2. The van der Waals surface area contributed by atoms with Gasteiger partial charge in [0, 0.05) is 35.7 Å². The normalized spacial score (nSPS) is 24.9. The van der Waals surface area contributed by atoms with E-state index in [1.54, 1.807) is 12.4 Å². The van der Waals surface area contributed by atoms with E-state index in [-0.39, 0.29) is 11.6 Å². The van der Waals surface area contributed by atoms with Gasteiger partial charge in [-0.05, 0) is 68.0 Å². The predicted molar refractivity (Wildman–Crippen MR) is 124 cm³/mol. The third-order valence-electron chi connectivity index (χ3n) is 6.89. The van der Waals surface area contributed by atoms with E-state index in [0.717, 1.165) is 53.2 Å². The molecule has 2 atom stereocenters. The van der Waals surface area contributed by atoms with Crippen LogP contribution in [0.15, 0.2) is 60.1 Å². The van der Waals surface area contributed by atoms with Crippen LogP contribution < -0.4 is 10.5 Å². The van der Waals surface area contributed by atoms with Gasteiger partial charge in [0.25, 0.3) is 6.02 Å². The van der Waals surface area contributed by atoms with Gasteiger partial charge in [0.05, 0.1) is 5.60 Å². The molecule has 4 heterocycles. The van der Waals surface area contributed by atoms with E-state index >= 15 is 0 Å². The molecule has 3 aliphatic rings. The molecule has 1 aromatic heterocycles. The molecule has 7 heteroatoms. The van der Waals surface area contributed by atoms with Gasteiger partial charge in [-0.3, -0.25) is 0 Å². The summed E-state index contributed by atoms with van der Waals surface area (Å²) < 4.78 is 18.0. The number of aliphatic imine (C=N–C) groups is 1. The molecular weight excluding hydrogens is 416 g/mol. The number of hydrogen-bond donors (Lipinski definition) is 1. The SMILES string of the molecule is CC1(C)C[C@H](c2ccc3c(c2)[C@]2(COC(N)=N2)c2cc(-c4cncnc4)ccc2O3)CCO1. The van der Waals surface area contributed by atoms with Crippen LogP contribution in [0.4, 0.5) is 0 Å². The summed E-state index contributed by atoms with van der Waals surface area (Å²) in [6, 6.07) is 12.7. The zero-order valence-electron chi connectivity index (χ0n) is 18.7. The molecule has 0 unspecified atom stereocenters. The molecule has 1 fully saturated rings. The molecule has 1 saturated heterocycles. The minimum absolute atomic E-state index is 0.134. The second-order valence-electron chi connectivity index (χ2n) is 9.59. The first-order valence-electron chi connectivity index (χ1n) is 11.3. The summed E-state index contributed by atoms with van der Waals surface area (Å²) >= 11 is 0. The smallest absolute Gasteiger partial charge is 0.283 e. The molecule has 168 valence electrons. The van der Waals surface area contributed by atoms with Crippen LogP contribution >= 0.6 is 0 Å². The van der Waals surface area contributed by atoms with Crippen molar-refractivity contribution < 1.29 is 14.2 Å². The van der Waals surface area contributed by atoms with Crippen molar-refractivity contribution in [1.82, 2.24) is 9.97 Å². The highest BCUT2D eigenvalue weighted by Crippen LogP contribution is 2.52. The lowest BCUT2D eigenvalue weighted by Gasteiger charge is -2.37. The zero-order valence-corrected chi connectivity index (χ0v) is 18.7. The summed E-state index contributed by atoms with van der Waals surface area (Å²) in [6.45, 7) is 5.40. The molecule has 6 rings (SSSR count). The van der Waals surface area contributed by atoms with Gasteiger partial charge in [-0.15, -0.1) is 0 Å². The second kappa shape index (κ2) is 7.28. The lowest BCUT2D eigenvalue weighted by molar-refractivity contribution is -0.0593. The molecule has 1 spiro atoms. The Kier molecular flexibility index (Phi) is 4.45. The fourth-order valence-electron chi connectivity index (χ4n) is 5.27.